The molecule has 0 bridgehead atoms. The molecule has 1 N–H and O–H groups in total. The van der Waals surface area contributed by atoms with E-state index in [0.717, 1.165) is 28.8 Å². The van der Waals surface area contributed by atoms with Crippen molar-refractivity contribution in [1.82, 2.24) is 14.8 Å². The minimum absolute atomic E-state index is 0.110. The molecule has 0 saturated heterocycles. The fourth-order valence-corrected chi connectivity index (χ4v) is 3.10. The van der Waals surface area contributed by atoms with Crippen molar-refractivity contribution >= 4 is 17.7 Å². The minimum atomic E-state index is -0.919. The maximum atomic E-state index is 10.9. The van der Waals surface area contributed by atoms with Gasteiger partial charge in [0.2, 0.25) is 0 Å². The molecule has 0 aliphatic rings. The number of ether oxygens (including phenoxy) is 2. The van der Waals surface area contributed by atoms with Crippen LogP contribution in [0.2, 0.25) is 0 Å². The van der Waals surface area contributed by atoms with Gasteiger partial charge in [0.1, 0.15) is 18.1 Å². The first-order valence-electron chi connectivity index (χ1n) is 8.19. The second-order valence-corrected chi connectivity index (χ2v) is 6.66. The Morgan fingerprint density at radius 2 is 1.93 bits per heavy atom. The van der Waals surface area contributed by atoms with Crippen molar-refractivity contribution < 1.29 is 19.4 Å². The van der Waals surface area contributed by atoms with E-state index in [9.17, 15) is 4.79 Å². The van der Waals surface area contributed by atoms with Gasteiger partial charge >= 0.3 is 5.97 Å². The molecule has 140 valence electrons. The maximum Gasteiger partial charge on any atom is 0.313 e. The average molecular weight is 385 g/mol. The van der Waals surface area contributed by atoms with Crippen molar-refractivity contribution in [3.63, 3.8) is 0 Å². The molecule has 27 heavy (non-hydrogen) atoms. The van der Waals surface area contributed by atoms with Gasteiger partial charge in [0, 0.05) is 6.07 Å². The Morgan fingerprint density at radius 3 is 2.63 bits per heavy atom. The third-order valence-electron chi connectivity index (χ3n) is 3.73. The van der Waals surface area contributed by atoms with E-state index < -0.39 is 5.97 Å². The number of benzene rings is 2. The molecule has 0 spiro atoms. The Morgan fingerprint density at radius 1 is 1.15 bits per heavy atom. The molecule has 0 aliphatic carbocycles. The van der Waals surface area contributed by atoms with Crippen molar-refractivity contribution in [3.05, 3.63) is 59.9 Å². The van der Waals surface area contributed by atoms with Crippen molar-refractivity contribution in [2.24, 2.45) is 0 Å². The van der Waals surface area contributed by atoms with E-state index in [4.69, 9.17) is 14.6 Å². The maximum absolute atomic E-state index is 10.9. The zero-order chi connectivity index (χ0) is 19.2. The second-order valence-electron chi connectivity index (χ2n) is 5.72. The Bertz CT molecular complexity index is 925. The van der Waals surface area contributed by atoms with Gasteiger partial charge < -0.3 is 14.6 Å². The summed E-state index contributed by atoms with van der Waals surface area (Å²) >= 11 is 1.10. The fraction of sp³-hybridized carbons (Fsp3) is 0.211. The van der Waals surface area contributed by atoms with Crippen LogP contribution in [-0.4, -0.2) is 38.7 Å². The first-order chi connectivity index (χ1) is 13.1. The summed E-state index contributed by atoms with van der Waals surface area (Å²) in [5.41, 5.74) is 1.92. The Kier molecular flexibility index (Phi) is 5.97. The SMILES string of the molecule is COc1cccc(-n2c(COc3ccc(C)cc3)nnc2SCC(=O)O)c1. The predicted octanol–water partition coefficient (Wildman–Crippen LogP) is 3.34. The van der Waals surface area contributed by atoms with Crippen molar-refractivity contribution in [3.8, 4) is 17.2 Å². The van der Waals surface area contributed by atoms with E-state index in [2.05, 4.69) is 10.2 Å². The van der Waals surface area contributed by atoms with Gasteiger partial charge in [0.05, 0.1) is 18.6 Å². The lowest BCUT2D eigenvalue weighted by atomic mass is 10.2. The molecular weight excluding hydrogens is 366 g/mol. The summed E-state index contributed by atoms with van der Waals surface area (Å²) in [7, 11) is 1.59. The Balaban J connectivity index is 1.90. The van der Waals surface area contributed by atoms with Crippen LogP contribution < -0.4 is 9.47 Å². The van der Waals surface area contributed by atoms with Crippen molar-refractivity contribution in [2.45, 2.75) is 18.7 Å². The van der Waals surface area contributed by atoms with Crippen LogP contribution in [0.3, 0.4) is 0 Å². The predicted molar refractivity (Wildman–Crippen MR) is 102 cm³/mol. The number of nitrogens with zero attached hydrogens (tertiary/aromatic N) is 3. The number of aromatic nitrogens is 3. The van der Waals surface area contributed by atoms with Crippen LogP contribution in [0.25, 0.3) is 5.69 Å². The quantitative estimate of drug-likeness (QED) is 0.595. The number of thioether (sulfide) groups is 1. The molecule has 0 atom stereocenters. The summed E-state index contributed by atoms with van der Waals surface area (Å²) in [5, 5.41) is 17.8. The molecule has 2 aromatic carbocycles. The highest BCUT2D eigenvalue weighted by Crippen LogP contribution is 2.25. The average Bonchev–Trinajstić information content (AvgIpc) is 3.09. The number of aryl methyl sites for hydroxylation is 1. The number of aliphatic carboxylic acids is 1. The van der Waals surface area contributed by atoms with E-state index in [-0.39, 0.29) is 12.4 Å². The number of carboxylic acid groups (broad SMARTS) is 1. The molecule has 0 amide bonds. The van der Waals surface area contributed by atoms with Crippen LogP contribution in [0.1, 0.15) is 11.4 Å². The fourth-order valence-electron chi connectivity index (χ4n) is 2.40. The molecule has 7 nitrogen and oxygen atoms in total. The van der Waals surface area contributed by atoms with Gasteiger partial charge in [-0.1, -0.05) is 35.5 Å². The normalized spacial score (nSPS) is 10.6. The Hall–Kier alpha value is -3.00. The van der Waals surface area contributed by atoms with Crippen LogP contribution in [0.4, 0.5) is 0 Å². The van der Waals surface area contributed by atoms with Gasteiger partial charge in [-0.3, -0.25) is 9.36 Å². The third kappa shape index (κ3) is 4.79. The van der Waals surface area contributed by atoms with Gasteiger partial charge in [0.25, 0.3) is 0 Å². The lowest BCUT2D eigenvalue weighted by Crippen LogP contribution is -2.08. The van der Waals surface area contributed by atoms with Gasteiger partial charge in [0.15, 0.2) is 11.0 Å². The van der Waals surface area contributed by atoms with Crippen LogP contribution >= 0.6 is 11.8 Å². The van der Waals surface area contributed by atoms with E-state index in [1.807, 2.05) is 55.5 Å². The van der Waals surface area contributed by atoms with E-state index >= 15 is 0 Å². The van der Waals surface area contributed by atoms with Crippen molar-refractivity contribution in [2.75, 3.05) is 12.9 Å². The highest BCUT2D eigenvalue weighted by Gasteiger charge is 2.17. The van der Waals surface area contributed by atoms with Gasteiger partial charge in [-0.2, -0.15) is 0 Å². The first-order valence-corrected chi connectivity index (χ1v) is 9.18. The number of rotatable bonds is 8. The summed E-state index contributed by atoms with van der Waals surface area (Å²) in [6.45, 7) is 2.20. The highest BCUT2D eigenvalue weighted by atomic mass is 32.2. The topological polar surface area (TPSA) is 86.5 Å². The van der Waals surface area contributed by atoms with E-state index in [1.165, 1.54) is 0 Å². The molecule has 1 heterocycles. The van der Waals surface area contributed by atoms with Gasteiger partial charge in [-0.25, -0.2) is 0 Å². The summed E-state index contributed by atoms with van der Waals surface area (Å²) in [6.07, 6.45) is 0. The van der Waals surface area contributed by atoms with Gasteiger partial charge in [-0.05, 0) is 31.2 Å². The third-order valence-corrected chi connectivity index (χ3v) is 4.64. The number of carboxylic acids is 1. The van der Waals surface area contributed by atoms with E-state index in [1.54, 1.807) is 11.7 Å². The summed E-state index contributed by atoms with van der Waals surface area (Å²) in [5.74, 6) is 0.941. The minimum Gasteiger partial charge on any atom is -0.497 e. The summed E-state index contributed by atoms with van der Waals surface area (Å²) in [6, 6.07) is 15.1. The number of methoxy groups -OCH3 is 1. The van der Waals surface area contributed by atoms with E-state index in [0.29, 0.717) is 16.7 Å². The molecule has 0 radical (unpaired) electrons. The monoisotopic (exact) mass is 385 g/mol. The molecular formula is C19H19N3O4S. The molecule has 3 rings (SSSR count). The molecule has 8 heteroatoms. The van der Waals surface area contributed by atoms with Crippen LogP contribution in [0.5, 0.6) is 11.5 Å². The zero-order valence-electron chi connectivity index (χ0n) is 15.0. The summed E-state index contributed by atoms with van der Waals surface area (Å²) < 4.78 is 12.9. The largest absolute Gasteiger partial charge is 0.497 e. The van der Waals surface area contributed by atoms with Crippen LogP contribution in [0, 0.1) is 6.92 Å². The number of hydrogen-bond acceptors (Lipinski definition) is 6. The second kappa shape index (κ2) is 8.59. The zero-order valence-corrected chi connectivity index (χ0v) is 15.8. The standard InChI is InChI=1S/C19H19N3O4S/c1-13-6-8-15(9-7-13)26-11-17-20-21-19(27-12-18(23)24)22(17)14-4-3-5-16(10-14)25-2/h3-10H,11-12H2,1-2H3,(H,23,24). The van der Waals surface area contributed by atoms with Crippen LogP contribution in [0.15, 0.2) is 53.7 Å². The summed E-state index contributed by atoms with van der Waals surface area (Å²) in [4.78, 5) is 10.9. The number of carbonyl (C=O) groups is 1. The first kappa shape index (κ1) is 18.8. The lowest BCUT2D eigenvalue weighted by Gasteiger charge is -2.12. The molecule has 0 fully saturated rings. The molecule has 0 aliphatic heterocycles. The molecule has 3 aromatic rings. The smallest absolute Gasteiger partial charge is 0.313 e. The highest BCUT2D eigenvalue weighted by molar-refractivity contribution is 7.99. The number of hydrogen-bond donors (Lipinski definition) is 1. The van der Waals surface area contributed by atoms with Gasteiger partial charge in [-0.15, -0.1) is 10.2 Å². The molecule has 0 unspecified atom stereocenters. The van der Waals surface area contributed by atoms with Crippen LogP contribution in [-0.2, 0) is 11.4 Å². The molecule has 1 aromatic heterocycles. The lowest BCUT2D eigenvalue weighted by molar-refractivity contribution is -0.133. The molecule has 0 saturated carbocycles. The Labute approximate surface area is 161 Å². The van der Waals surface area contributed by atoms with Crippen molar-refractivity contribution in [1.29, 1.82) is 0 Å².